The van der Waals surface area contributed by atoms with Crippen molar-refractivity contribution < 1.29 is 23.9 Å². The van der Waals surface area contributed by atoms with Crippen LogP contribution < -0.4 is 15.4 Å². The maximum Gasteiger partial charge on any atom is 0.326 e. The number of esters is 1. The maximum atomic E-state index is 12.5. The highest BCUT2D eigenvalue weighted by molar-refractivity contribution is 5.96. The zero-order valence-electron chi connectivity index (χ0n) is 17.9. The smallest absolute Gasteiger partial charge is 0.326 e. The average Bonchev–Trinajstić information content (AvgIpc) is 2.78. The first-order valence-corrected chi connectivity index (χ1v) is 10.6. The molecule has 7 heteroatoms. The predicted octanol–water partition coefficient (Wildman–Crippen LogP) is 2.94. The van der Waals surface area contributed by atoms with Crippen LogP contribution in [0.15, 0.2) is 48.5 Å². The molecular formula is C24H28N2O5. The molecule has 0 heterocycles. The number of hydrogen-bond donors (Lipinski definition) is 2. The molecule has 164 valence electrons. The van der Waals surface area contributed by atoms with E-state index < -0.39 is 18.0 Å². The number of nitrogens with one attached hydrogen (secondary N) is 2. The molecular weight excluding hydrogens is 396 g/mol. The van der Waals surface area contributed by atoms with Gasteiger partial charge in [0, 0.05) is 5.56 Å². The summed E-state index contributed by atoms with van der Waals surface area (Å²) in [6, 6.07) is 14.6. The number of amides is 2. The second-order valence-electron chi connectivity index (χ2n) is 7.42. The molecule has 0 spiro atoms. The molecule has 2 N–H and O–H groups in total. The molecule has 0 saturated carbocycles. The summed E-state index contributed by atoms with van der Waals surface area (Å²) in [5, 5.41) is 5.47. The quantitative estimate of drug-likeness (QED) is 0.636. The average molecular weight is 424 g/mol. The molecule has 2 atom stereocenters. The number of carbonyl (C=O) groups is 3. The minimum Gasteiger partial charge on any atom is -0.494 e. The lowest BCUT2D eigenvalue weighted by Gasteiger charge is -2.27. The van der Waals surface area contributed by atoms with Gasteiger partial charge in [-0.2, -0.15) is 0 Å². The highest BCUT2D eigenvalue weighted by Crippen LogP contribution is 2.29. The standard InChI is InChI=1S/C24H28N2O5/c1-3-30-19-13-11-18(12-14-19)24(29)25-15-22(27)31-16(2)23(28)26-21-10-6-8-17-7-4-5-9-20(17)21/h4-5,7,9,11-14,16,21H,3,6,8,10,15H2,1-2H3,(H,25,29)(H,26,28)/t16-,21-/m1/s1. The van der Waals surface area contributed by atoms with Gasteiger partial charge in [0.05, 0.1) is 12.6 Å². The van der Waals surface area contributed by atoms with E-state index in [0.717, 1.165) is 24.8 Å². The van der Waals surface area contributed by atoms with Gasteiger partial charge in [-0.15, -0.1) is 0 Å². The summed E-state index contributed by atoms with van der Waals surface area (Å²) < 4.78 is 10.5. The molecule has 0 fully saturated rings. The van der Waals surface area contributed by atoms with Gasteiger partial charge in [0.25, 0.3) is 11.8 Å². The van der Waals surface area contributed by atoms with Gasteiger partial charge in [0.2, 0.25) is 0 Å². The lowest BCUT2D eigenvalue weighted by atomic mass is 9.87. The van der Waals surface area contributed by atoms with E-state index in [0.29, 0.717) is 17.9 Å². The zero-order chi connectivity index (χ0) is 22.2. The van der Waals surface area contributed by atoms with Crippen molar-refractivity contribution in [1.82, 2.24) is 10.6 Å². The summed E-state index contributed by atoms with van der Waals surface area (Å²) in [6.45, 7) is 3.62. The van der Waals surface area contributed by atoms with Crippen LogP contribution in [0.2, 0.25) is 0 Å². The van der Waals surface area contributed by atoms with Crippen LogP contribution in [0.1, 0.15) is 54.2 Å². The zero-order valence-corrected chi connectivity index (χ0v) is 17.9. The van der Waals surface area contributed by atoms with Gasteiger partial charge in [-0.3, -0.25) is 14.4 Å². The number of fused-ring (bicyclic) bond motifs is 1. The Bertz CT molecular complexity index is 926. The summed E-state index contributed by atoms with van der Waals surface area (Å²) in [5.41, 5.74) is 2.75. The summed E-state index contributed by atoms with van der Waals surface area (Å²) >= 11 is 0. The van der Waals surface area contributed by atoms with E-state index in [-0.39, 0.29) is 18.5 Å². The van der Waals surface area contributed by atoms with E-state index in [1.165, 1.54) is 12.5 Å². The van der Waals surface area contributed by atoms with Gasteiger partial charge in [0.1, 0.15) is 12.3 Å². The van der Waals surface area contributed by atoms with Crippen molar-refractivity contribution in [3.63, 3.8) is 0 Å². The van der Waals surface area contributed by atoms with E-state index in [2.05, 4.69) is 16.7 Å². The molecule has 3 rings (SSSR count). The van der Waals surface area contributed by atoms with Gasteiger partial charge in [-0.25, -0.2) is 0 Å². The first-order chi connectivity index (χ1) is 15.0. The molecule has 31 heavy (non-hydrogen) atoms. The Kier molecular flexibility index (Phi) is 7.65. The third kappa shape index (κ3) is 6.07. The molecule has 0 radical (unpaired) electrons. The third-order valence-electron chi connectivity index (χ3n) is 5.18. The molecule has 1 aliphatic carbocycles. The minimum atomic E-state index is -0.955. The first kappa shape index (κ1) is 22.3. The van der Waals surface area contributed by atoms with Crippen LogP contribution in [-0.4, -0.2) is 37.0 Å². The van der Waals surface area contributed by atoms with Crippen molar-refractivity contribution >= 4 is 17.8 Å². The monoisotopic (exact) mass is 424 g/mol. The summed E-state index contributed by atoms with van der Waals surface area (Å²) in [5.74, 6) is -0.770. The summed E-state index contributed by atoms with van der Waals surface area (Å²) in [4.78, 5) is 36.8. The molecule has 0 bridgehead atoms. The van der Waals surface area contributed by atoms with Crippen molar-refractivity contribution in [1.29, 1.82) is 0 Å². The third-order valence-corrected chi connectivity index (χ3v) is 5.18. The minimum absolute atomic E-state index is 0.0852. The second-order valence-corrected chi connectivity index (χ2v) is 7.42. The molecule has 0 aromatic heterocycles. The maximum absolute atomic E-state index is 12.5. The van der Waals surface area contributed by atoms with Gasteiger partial charge < -0.3 is 20.1 Å². The first-order valence-electron chi connectivity index (χ1n) is 10.6. The number of ether oxygens (including phenoxy) is 2. The fourth-order valence-corrected chi connectivity index (χ4v) is 3.61. The van der Waals surface area contributed by atoms with Crippen LogP contribution in [0.25, 0.3) is 0 Å². The van der Waals surface area contributed by atoms with Crippen molar-refractivity contribution in [2.24, 2.45) is 0 Å². The van der Waals surface area contributed by atoms with Crippen LogP contribution in [0, 0.1) is 0 Å². The second kappa shape index (κ2) is 10.6. The molecule has 0 unspecified atom stereocenters. The fourth-order valence-electron chi connectivity index (χ4n) is 3.61. The summed E-state index contributed by atoms with van der Waals surface area (Å²) in [6.07, 6.45) is 1.89. The van der Waals surface area contributed by atoms with Crippen molar-refractivity contribution in [2.75, 3.05) is 13.2 Å². The Balaban J connectivity index is 1.46. The molecule has 2 aromatic carbocycles. The Morgan fingerprint density at radius 1 is 1.10 bits per heavy atom. The SMILES string of the molecule is CCOc1ccc(C(=O)NCC(=O)O[C@H](C)C(=O)N[C@@H]2CCCc3ccccc32)cc1. The van der Waals surface area contributed by atoms with Crippen LogP contribution in [0.3, 0.4) is 0 Å². The largest absolute Gasteiger partial charge is 0.494 e. The van der Waals surface area contributed by atoms with Gasteiger partial charge in [-0.1, -0.05) is 24.3 Å². The lowest BCUT2D eigenvalue weighted by molar-refractivity contribution is -0.154. The Morgan fingerprint density at radius 3 is 2.58 bits per heavy atom. The molecule has 1 aliphatic rings. The van der Waals surface area contributed by atoms with Gasteiger partial charge in [0.15, 0.2) is 6.10 Å². The highest BCUT2D eigenvalue weighted by Gasteiger charge is 2.25. The van der Waals surface area contributed by atoms with Crippen molar-refractivity contribution in [3.05, 3.63) is 65.2 Å². The molecule has 0 saturated heterocycles. The van der Waals surface area contributed by atoms with Crippen molar-refractivity contribution in [3.8, 4) is 5.75 Å². The highest BCUT2D eigenvalue weighted by atomic mass is 16.5. The number of hydrogen-bond acceptors (Lipinski definition) is 5. The van der Waals surface area contributed by atoms with Crippen LogP contribution in [0.5, 0.6) is 5.75 Å². The van der Waals surface area contributed by atoms with E-state index in [1.807, 2.05) is 25.1 Å². The normalized spacial score (nSPS) is 15.9. The number of aryl methyl sites for hydroxylation is 1. The Labute approximate surface area is 182 Å². The Hall–Kier alpha value is -3.35. The molecule has 2 amide bonds. The van der Waals surface area contributed by atoms with E-state index >= 15 is 0 Å². The van der Waals surface area contributed by atoms with Crippen LogP contribution >= 0.6 is 0 Å². The van der Waals surface area contributed by atoms with Gasteiger partial charge >= 0.3 is 5.97 Å². The van der Waals surface area contributed by atoms with Crippen LogP contribution in [-0.2, 0) is 20.7 Å². The van der Waals surface area contributed by atoms with E-state index in [9.17, 15) is 14.4 Å². The van der Waals surface area contributed by atoms with E-state index in [4.69, 9.17) is 9.47 Å². The summed E-state index contributed by atoms with van der Waals surface area (Å²) in [7, 11) is 0. The molecule has 7 nitrogen and oxygen atoms in total. The van der Waals surface area contributed by atoms with Crippen molar-refractivity contribution in [2.45, 2.75) is 45.3 Å². The number of rotatable bonds is 8. The lowest BCUT2D eigenvalue weighted by Crippen LogP contribution is -2.41. The topological polar surface area (TPSA) is 93.7 Å². The molecule has 0 aliphatic heterocycles. The predicted molar refractivity (Wildman–Crippen MR) is 116 cm³/mol. The van der Waals surface area contributed by atoms with Gasteiger partial charge in [-0.05, 0) is 68.5 Å². The number of benzene rings is 2. The Morgan fingerprint density at radius 2 is 1.84 bits per heavy atom. The van der Waals surface area contributed by atoms with E-state index in [1.54, 1.807) is 24.3 Å². The molecule has 2 aromatic rings. The fraction of sp³-hybridized carbons (Fsp3) is 0.375. The van der Waals surface area contributed by atoms with Crippen LogP contribution in [0.4, 0.5) is 0 Å². The number of carbonyl (C=O) groups excluding carboxylic acids is 3.